The molecule has 2 N–H and O–H groups in total. The van der Waals surface area contributed by atoms with Gasteiger partial charge < -0.3 is 5.73 Å². The largest absolute Gasteiger partial charge is 0.324 e. The normalized spacial score (nSPS) is 12.5. The predicted octanol–water partition coefficient (Wildman–Crippen LogP) is 1.90. The number of non-ortho nitro benzene ring substituents is 1. The Morgan fingerprint density at radius 1 is 1.62 bits per heavy atom. The second-order valence-corrected chi connectivity index (χ2v) is 3.27. The maximum absolute atomic E-state index is 10.4. The van der Waals surface area contributed by atoms with Gasteiger partial charge in [-0.1, -0.05) is 0 Å². The number of hydrogen-bond acceptors (Lipinski definition) is 4. The van der Waals surface area contributed by atoms with E-state index in [0.717, 1.165) is 0 Å². The molecule has 0 heterocycles. The van der Waals surface area contributed by atoms with Gasteiger partial charge in [0.1, 0.15) is 0 Å². The maximum Gasteiger partial charge on any atom is 0.269 e. The van der Waals surface area contributed by atoms with Gasteiger partial charge >= 0.3 is 0 Å². The molecule has 0 aromatic heterocycles. The zero-order valence-corrected chi connectivity index (χ0v) is 7.99. The van der Waals surface area contributed by atoms with Crippen molar-refractivity contribution in [2.75, 3.05) is 0 Å². The number of benzene rings is 1. The lowest BCUT2D eigenvalue weighted by atomic mass is 10.1. The number of nitro benzene ring substituents is 1. The van der Waals surface area contributed by atoms with Crippen molar-refractivity contribution >= 4 is 18.3 Å². The molecule has 0 fully saturated rings. The van der Waals surface area contributed by atoms with Crippen molar-refractivity contribution in [2.24, 2.45) is 5.73 Å². The summed E-state index contributed by atoms with van der Waals surface area (Å²) in [6, 6.07) is 4.20. The Bertz CT molecular complexity index is 339. The molecule has 0 bridgehead atoms. The fourth-order valence-electron chi connectivity index (χ4n) is 1.02. The Balaban J connectivity index is 3.19. The topological polar surface area (TPSA) is 69.2 Å². The summed E-state index contributed by atoms with van der Waals surface area (Å²) in [6.07, 6.45) is 0. The summed E-state index contributed by atoms with van der Waals surface area (Å²) >= 11 is 4.15. The molecule has 0 spiro atoms. The third-order valence-corrected chi connectivity index (χ3v) is 2.12. The van der Waals surface area contributed by atoms with Crippen LogP contribution in [0.5, 0.6) is 0 Å². The van der Waals surface area contributed by atoms with E-state index in [9.17, 15) is 10.1 Å². The van der Waals surface area contributed by atoms with E-state index in [-0.39, 0.29) is 11.7 Å². The second-order valence-electron chi connectivity index (χ2n) is 2.79. The zero-order valence-electron chi connectivity index (χ0n) is 7.10. The second kappa shape index (κ2) is 3.76. The van der Waals surface area contributed by atoms with E-state index in [4.69, 9.17) is 5.73 Å². The van der Waals surface area contributed by atoms with E-state index in [1.54, 1.807) is 13.0 Å². The van der Waals surface area contributed by atoms with Gasteiger partial charge in [-0.3, -0.25) is 10.1 Å². The van der Waals surface area contributed by atoms with Crippen molar-refractivity contribution in [1.82, 2.24) is 0 Å². The number of nitrogens with zero attached hydrogens (tertiary/aromatic N) is 1. The zero-order chi connectivity index (χ0) is 10.0. The quantitative estimate of drug-likeness (QED) is 0.433. The standard InChI is InChI=1S/C8H10N2O2S/c1-5(9)7-4-6(10(11)12)2-3-8(7)13/h2-5,13H,9H2,1H3. The van der Waals surface area contributed by atoms with Crippen LogP contribution in [0.15, 0.2) is 23.1 Å². The smallest absolute Gasteiger partial charge is 0.269 e. The van der Waals surface area contributed by atoms with Crippen LogP contribution in [0.2, 0.25) is 0 Å². The third kappa shape index (κ3) is 2.19. The molecule has 0 saturated carbocycles. The minimum Gasteiger partial charge on any atom is -0.324 e. The average Bonchev–Trinajstić information content (AvgIpc) is 2.04. The van der Waals surface area contributed by atoms with Crippen molar-refractivity contribution in [2.45, 2.75) is 17.9 Å². The Hall–Kier alpha value is -1.07. The molecule has 0 aliphatic rings. The van der Waals surface area contributed by atoms with Crippen LogP contribution in [0.3, 0.4) is 0 Å². The van der Waals surface area contributed by atoms with Gasteiger partial charge in [0.25, 0.3) is 5.69 Å². The van der Waals surface area contributed by atoms with Crippen molar-refractivity contribution in [3.8, 4) is 0 Å². The summed E-state index contributed by atoms with van der Waals surface area (Å²) in [4.78, 5) is 10.7. The van der Waals surface area contributed by atoms with Crippen LogP contribution in [0, 0.1) is 10.1 Å². The molecule has 0 aliphatic heterocycles. The van der Waals surface area contributed by atoms with Crippen molar-refractivity contribution < 1.29 is 4.92 Å². The Labute approximate surface area is 81.3 Å². The minimum absolute atomic E-state index is 0.0464. The highest BCUT2D eigenvalue weighted by Gasteiger charge is 2.11. The Morgan fingerprint density at radius 2 is 2.23 bits per heavy atom. The molecule has 1 rings (SSSR count). The SMILES string of the molecule is CC(N)c1cc([N+](=O)[O-])ccc1S. The van der Waals surface area contributed by atoms with E-state index in [1.165, 1.54) is 12.1 Å². The van der Waals surface area contributed by atoms with Crippen LogP contribution in [-0.4, -0.2) is 4.92 Å². The van der Waals surface area contributed by atoms with Crippen molar-refractivity contribution in [1.29, 1.82) is 0 Å². The van der Waals surface area contributed by atoms with Gasteiger partial charge in [-0.2, -0.15) is 0 Å². The summed E-state index contributed by atoms with van der Waals surface area (Å²) in [5.74, 6) is 0. The van der Waals surface area contributed by atoms with Crippen LogP contribution in [0.1, 0.15) is 18.5 Å². The third-order valence-electron chi connectivity index (χ3n) is 1.71. The van der Waals surface area contributed by atoms with Gasteiger partial charge in [-0.15, -0.1) is 12.6 Å². The molecule has 0 radical (unpaired) electrons. The summed E-state index contributed by atoms with van der Waals surface area (Å²) in [5, 5.41) is 10.4. The van der Waals surface area contributed by atoms with E-state index < -0.39 is 4.92 Å². The van der Waals surface area contributed by atoms with Crippen LogP contribution >= 0.6 is 12.6 Å². The fourth-order valence-corrected chi connectivity index (χ4v) is 1.36. The van der Waals surface area contributed by atoms with Gasteiger partial charge in [0, 0.05) is 23.1 Å². The number of nitro groups is 1. The number of rotatable bonds is 2. The molecule has 1 aromatic rings. The van der Waals surface area contributed by atoms with Crippen LogP contribution in [0.25, 0.3) is 0 Å². The first-order chi connectivity index (χ1) is 6.02. The summed E-state index contributed by atoms with van der Waals surface area (Å²) < 4.78 is 0. The predicted molar refractivity (Wildman–Crippen MR) is 53.0 cm³/mol. The van der Waals surface area contributed by atoms with Crippen molar-refractivity contribution in [3.05, 3.63) is 33.9 Å². The molecular weight excluding hydrogens is 188 g/mol. The van der Waals surface area contributed by atoms with E-state index >= 15 is 0 Å². The van der Waals surface area contributed by atoms with Gasteiger partial charge in [0.05, 0.1) is 4.92 Å². The average molecular weight is 198 g/mol. The summed E-state index contributed by atoms with van der Waals surface area (Å²) in [6.45, 7) is 1.76. The molecule has 0 amide bonds. The Kier molecular flexibility index (Phi) is 2.90. The molecular formula is C8H10N2O2S. The highest BCUT2D eigenvalue weighted by atomic mass is 32.1. The lowest BCUT2D eigenvalue weighted by Crippen LogP contribution is -2.06. The maximum atomic E-state index is 10.4. The monoisotopic (exact) mass is 198 g/mol. The van der Waals surface area contributed by atoms with Gasteiger partial charge in [0.15, 0.2) is 0 Å². The highest BCUT2D eigenvalue weighted by molar-refractivity contribution is 7.80. The number of hydrogen-bond donors (Lipinski definition) is 2. The highest BCUT2D eigenvalue weighted by Crippen LogP contribution is 2.24. The van der Waals surface area contributed by atoms with Gasteiger partial charge in [-0.05, 0) is 18.6 Å². The molecule has 1 atom stereocenters. The number of thiol groups is 1. The number of nitrogens with two attached hydrogens (primary N) is 1. The van der Waals surface area contributed by atoms with Crippen LogP contribution < -0.4 is 5.73 Å². The summed E-state index contributed by atoms with van der Waals surface area (Å²) in [7, 11) is 0. The minimum atomic E-state index is -0.445. The Morgan fingerprint density at radius 3 is 2.69 bits per heavy atom. The molecule has 4 nitrogen and oxygen atoms in total. The van der Waals surface area contributed by atoms with Crippen LogP contribution in [0.4, 0.5) is 5.69 Å². The fraction of sp³-hybridized carbons (Fsp3) is 0.250. The van der Waals surface area contributed by atoms with Crippen molar-refractivity contribution in [3.63, 3.8) is 0 Å². The molecule has 13 heavy (non-hydrogen) atoms. The summed E-state index contributed by atoms with van der Waals surface area (Å²) in [5.41, 5.74) is 6.35. The molecule has 5 heteroatoms. The van der Waals surface area contributed by atoms with E-state index in [2.05, 4.69) is 12.6 Å². The van der Waals surface area contributed by atoms with Gasteiger partial charge in [0.2, 0.25) is 0 Å². The van der Waals surface area contributed by atoms with Crippen LogP contribution in [-0.2, 0) is 0 Å². The first-order valence-corrected chi connectivity index (χ1v) is 4.20. The first-order valence-electron chi connectivity index (χ1n) is 3.75. The van der Waals surface area contributed by atoms with Gasteiger partial charge in [-0.25, -0.2) is 0 Å². The lowest BCUT2D eigenvalue weighted by Gasteiger charge is -2.07. The van der Waals surface area contributed by atoms with E-state index in [0.29, 0.717) is 10.5 Å². The van der Waals surface area contributed by atoms with E-state index in [1.807, 2.05) is 0 Å². The molecule has 1 unspecified atom stereocenters. The molecule has 0 aliphatic carbocycles. The molecule has 1 aromatic carbocycles. The lowest BCUT2D eigenvalue weighted by molar-refractivity contribution is -0.385. The molecule has 0 saturated heterocycles. The molecule has 70 valence electrons. The first kappa shape index (κ1) is 10.0.